The van der Waals surface area contributed by atoms with E-state index in [0.717, 1.165) is 13.8 Å². The van der Waals surface area contributed by atoms with Gasteiger partial charge in [0.1, 0.15) is 79.4 Å². The third-order valence-corrected chi connectivity index (χ3v) is 8.69. The van der Waals surface area contributed by atoms with Gasteiger partial charge in [0, 0.05) is 0 Å². The number of aliphatic hydroxyl groups is 14. The molecule has 0 aromatic carbocycles. The fourth-order valence-electron chi connectivity index (χ4n) is 4.87. The second kappa shape index (κ2) is 26.3. The number of carbonyl (C=O) groups excluding carboxylic acids is 2. The summed E-state index contributed by atoms with van der Waals surface area (Å²) in [4.78, 5) is 40.8. The molecule has 3 heterocycles. The predicted molar refractivity (Wildman–Crippen MR) is 190 cm³/mol. The Bertz CT molecular complexity index is 1190. The molecule has 3 aliphatic heterocycles. The standard InChI is InChI=1S/C8H16O4.C7H12O7.C7H14O4.C7H12O3.C5H8O5/c1-3-5-7(10)8(11)6(9)4(2)12-5;1-2(8)3(9)4(10)5(11)6(12)7(13)14;1-3-5(8)7(10)6(9)4(2)11-3;1-4-3-6(8)7(9)5(2)10-4;1-2(6)3(7)4(8)5(9)10/h4-11H,3H2,1-2H3;3-6,9-12H,1H3,(H,13,14);3-10H,1-2H3;3,5-9H,1-2H3;3-4,7-8H,1H3,(H,9,10). The molecule has 18 atom stereocenters. The molecule has 0 saturated carbocycles. The van der Waals surface area contributed by atoms with E-state index >= 15 is 0 Å². The van der Waals surface area contributed by atoms with E-state index in [4.69, 9.17) is 65.3 Å². The van der Waals surface area contributed by atoms with Gasteiger partial charge in [0.15, 0.2) is 23.8 Å². The SMILES string of the molecule is CC(=O)C(O)C(O)C(=O)O.CC(=O)C(O)C(O)C(O)C(O)C(=O)O.CC1=CC(O)C(O)C(C)O1.CC1OC(C)C(O)C(O)C1O.CCC1OC(C)C(O)C(O)C1O. The molecule has 2 fully saturated rings. The number of rotatable bonds is 9. The van der Waals surface area contributed by atoms with Crippen LogP contribution in [0.4, 0.5) is 0 Å². The summed E-state index contributed by atoms with van der Waals surface area (Å²) in [6.45, 7) is 12.3. The fourth-order valence-corrected chi connectivity index (χ4v) is 4.87. The van der Waals surface area contributed by atoms with Gasteiger partial charge in [-0.25, -0.2) is 9.59 Å². The van der Waals surface area contributed by atoms with Crippen molar-refractivity contribution in [2.45, 2.75) is 178 Å². The second-order valence-electron chi connectivity index (χ2n) is 13.5. The fraction of sp³-hybridized carbons (Fsp3) is 0.824. The van der Waals surface area contributed by atoms with Crippen LogP contribution in [0.3, 0.4) is 0 Å². The van der Waals surface area contributed by atoms with Gasteiger partial charge >= 0.3 is 11.9 Å². The lowest BCUT2D eigenvalue weighted by atomic mass is 9.94. The van der Waals surface area contributed by atoms with E-state index in [9.17, 15) is 49.8 Å². The average Bonchev–Trinajstić information content (AvgIpc) is 3.14. The third kappa shape index (κ3) is 18.3. The second-order valence-corrected chi connectivity index (χ2v) is 13.5. The molecule has 23 nitrogen and oxygen atoms in total. The number of carboxylic acid groups (broad SMARTS) is 2. The van der Waals surface area contributed by atoms with E-state index in [1.807, 2.05) is 6.92 Å². The first-order chi connectivity index (χ1) is 26.0. The molecule has 0 aliphatic carbocycles. The van der Waals surface area contributed by atoms with Crippen LogP contribution < -0.4 is 0 Å². The van der Waals surface area contributed by atoms with Crippen molar-refractivity contribution in [1.29, 1.82) is 0 Å². The molecule has 3 rings (SSSR count). The number of hydrogen-bond donors (Lipinski definition) is 16. The lowest BCUT2D eigenvalue weighted by Gasteiger charge is -2.39. The van der Waals surface area contributed by atoms with Crippen LogP contribution in [0.5, 0.6) is 0 Å². The van der Waals surface area contributed by atoms with E-state index in [1.165, 1.54) is 6.08 Å². The van der Waals surface area contributed by atoms with Gasteiger partial charge in [-0.15, -0.1) is 0 Å². The summed E-state index contributed by atoms with van der Waals surface area (Å²) >= 11 is 0. The molecule has 0 radical (unpaired) electrons. The summed E-state index contributed by atoms with van der Waals surface area (Å²) in [5, 5.41) is 143. The largest absolute Gasteiger partial charge is 0.493 e. The molecule has 0 amide bonds. The highest BCUT2D eigenvalue weighted by Gasteiger charge is 2.41. The van der Waals surface area contributed by atoms with Crippen molar-refractivity contribution in [3.8, 4) is 0 Å². The molecule has 0 spiro atoms. The Kier molecular flexibility index (Phi) is 26.0. The summed E-state index contributed by atoms with van der Waals surface area (Å²) < 4.78 is 15.5. The quantitative estimate of drug-likeness (QED) is 0.103. The van der Waals surface area contributed by atoms with E-state index < -0.39 is 127 Å². The number of carbonyl (C=O) groups is 4. The van der Waals surface area contributed by atoms with Crippen molar-refractivity contribution in [2.24, 2.45) is 0 Å². The summed E-state index contributed by atoms with van der Waals surface area (Å²) in [5.41, 5.74) is 0. The van der Waals surface area contributed by atoms with Crippen LogP contribution in [0.1, 0.15) is 61.8 Å². The first-order valence-electron chi connectivity index (χ1n) is 17.6. The average molecular weight is 839 g/mol. The molecule has 336 valence electrons. The highest BCUT2D eigenvalue weighted by Crippen LogP contribution is 2.23. The minimum Gasteiger partial charge on any atom is -0.493 e. The molecular weight excluding hydrogens is 776 g/mol. The third-order valence-electron chi connectivity index (χ3n) is 8.69. The molecule has 23 heteroatoms. The molecule has 0 bridgehead atoms. The van der Waals surface area contributed by atoms with Gasteiger partial charge in [0.25, 0.3) is 0 Å². The molecule has 3 aliphatic rings. The van der Waals surface area contributed by atoms with Crippen molar-refractivity contribution >= 4 is 23.5 Å². The van der Waals surface area contributed by atoms with Crippen molar-refractivity contribution in [3.63, 3.8) is 0 Å². The van der Waals surface area contributed by atoms with Gasteiger partial charge in [-0.1, -0.05) is 6.92 Å². The zero-order valence-electron chi connectivity index (χ0n) is 32.8. The Morgan fingerprint density at radius 3 is 1.25 bits per heavy atom. The number of carboxylic acids is 2. The highest BCUT2D eigenvalue weighted by atomic mass is 16.5. The predicted octanol–water partition coefficient (Wildman–Crippen LogP) is -6.34. The number of aliphatic hydroxyl groups excluding tert-OH is 14. The van der Waals surface area contributed by atoms with Gasteiger partial charge in [0.05, 0.1) is 30.2 Å². The van der Waals surface area contributed by atoms with E-state index in [-0.39, 0.29) is 12.2 Å². The molecule has 57 heavy (non-hydrogen) atoms. The van der Waals surface area contributed by atoms with Crippen LogP contribution in [-0.4, -0.2) is 221 Å². The number of allylic oxidation sites excluding steroid dienone is 1. The minimum atomic E-state index is -2.25. The topological polar surface area (TPSA) is 420 Å². The molecule has 16 N–H and O–H groups in total. The van der Waals surface area contributed by atoms with Crippen LogP contribution >= 0.6 is 0 Å². The lowest BCUT2D eigenvalue weighted by Crippen LogP contribution is -2.56. The van der Waals surface area contributed by atoms with E-state index in [1.54, 1.807) is 34.6 Å². The Hall–Kier alpha value is -2.82. The van der Waals surface area contributed by atoms with Crippen molar-refractivity contribution < 1.29 is 115 Å². The highest BCUT2D eigenvalue weighted by molar-refractivity contribution is 5.87. The number of ether oxygens (including phenoxy) is 3. The molecular formula is C34H62O23. The monoisotopic (exact) mass is 838 g/mol. The normalized spacial score (nSPS) is 35.2. The Morgan fingerprint density at radius 2 is 0.912 bits per heavy atom. The van der Waals surface area contributed by atoms with E-state index in [2.05, 4.69) is 0 Å². The summed E-state index contributed by atoms with van der Waals surface area (Å²) in [6, 6.07) is 0. The van der Waals surface area contributed by atoms with Gasteiger partial charge in [-0.05, 0) is 61.0 Å². The first kappa shape index (κ1) is 56.3. The van der Waals surface area contributed by atoms with Crippen LogP contribution in [0, 0.1) is 0 Å². The molecule has 0 aromatic rings. The van der Waals surface area contributed by atoms with Crippen molar-refractivity contribution in [2.75, 3.05) is 0 Å². The van der Waals surface area contributed by atoms with Crippen LogP contribution in [0.25, 0.3) is 0 Å². The number of aliphatic carboxylic acids is 2. The zero-order valence-corrected chi connectivity index (χ0v) is 32.8. The maximum atomic E-state index is 10.5. The van der Waals surface area contributed by atoms with Gasteiger partial charge in [0.2, 0.25) is 0 Å². The summed E-state index contributed by atoms with van der Waals surface area (Å²) in [6.07, 6.45) is -19.6. The maximum absolute atomic E-state index is 10.5. The Balaban J connectivity index is 0. The molecule has 2 saturated heterocycles. The number of Topliss-reactive ketones (excluding diaryl/α,β-unsaturated/α-hetero) is 2. The van der Waals surface area contributed by atoms with E-state index in [0.29, 0.717) is 12.2 Å². The van der Waals surface area contributed by atoms with Crippen LogP contribution in [-0.2, 0) is 33.4 Å². The molecule has 18 unspecified atom stereocenters. The van der Waals surface area contributed by atoms with Gasteiger partial charge < -0.3 is 95.9 Å². The van der Waals surface area contributed by atoms with Crippen molar-refractivity contribution in [1.82, 2.24) is 0 Å². The van der Waals surface area contributed by atoms with Gasteiger partial charge in [-0.2, -0.15) is 0 Å². The Morgan fingerprint density at radius 1 is 0.544 bits per heavy atom. The van der Waals surface area contributed by atoms with Gasteiger partial charge in [-0.3, -0.25) is 9.59 Å². The maximum Gasteiger partial charge on any atom is 0.335 e. The van der Waals surface area contributed by atoms with Crippen LogP contribution in [0.15, 0.2) is 11.8 Å². The number of ketones is 2. The zero-order chi connectivity index (χ0) is 45.4. The molecule has 0 aromatic heterocycles. The Labute approximate surface area is 328 Å². The summed E-state index contributed by atoms with van der Waals surface area (Å²) in [5.74, 6) is -4.30. The smallest absolute Gasteiger partial charge is 0.335 e. The summed E-state index contributed by atoms with van der Waals surface area (Å²) in [7, 11) is 0. The first-order valence-corrected chi connectivity index (χ1v) is 17.6. The lowest BCUT2D eigenvalue weighted by molar-refractivity contribution is -0.217. The van der Waals surface area contributed by atoms with Crippen LogP contribution in [0.2, 0.25) is 0 Å². The van der Waals surface area contributed by atoms with Crippen molar-refractivity contribution in [3.05, 3.63) is 11.8 Å². The number of hydrogen-bond acceptors (Lipinski definition) is 21. The minimum absolute atomic E-state index is 0.306.